The predicted octanol–water partition coefficient (Wildman–Crippen LogP) is 1.94. The van der Waals surface area contributed by atoms with Gasteiger partial charge in [-0.05, 0) is 37.1 Å². The van der Waals surface area contributed by atoms with Gasteiger partial charge in [0.05, 0.1) is 6.42 Å². The number of carbonyl (C=O) groups is 1. The molecular weight excluding hydrogens is 162 g/mol. The van der Waals surface area contributed by atoms with Crippen molar-refractivity contribution in [2.75, 3.05) is 0 Å². The van der Waals surface area contributed by atoms with Crippen molar-refractivity contribution in [3.63, 3.8) is 0 Å². The number of hydrogen-bond donors (Lipinski definition) is 1. The zero-order chi connectivity index (χ0) is 8.43. The van der Waals surface area contributed by atoms with Crippen molar-refractivity contribution < 1.29 is 4.79 Å². The van der Waals surface area contributed by atoms with E-state index in [-0.39, 0.29) is 5.24 Å². The van der Waals surface area contributed by atoms with Crippen LogP contribution in [-0.4, -0.2) is 10.2 Å². The molecule has 0 aliphatic carbocycles. The van der Waals surface area contributed by atoms with E-state index in [0.29, 0.717) is 6.42 Å². The first-order valence-electron chi connectivity index (χ1n) is 3.43. The third kappa shape index (κ3) is 2.09. The number of aromatic nitrogens is 1. The highest BCUT2D eigenvalue weighted by Gasteiger charge is 2.04. The molecule has 3 heteroatoms. The summed E-state index contributed by atoms with van der Waals surface area (Å²) < 4.78 is 0. The van der Waals surface area contributed by atoms with Crippen LogP contribution < -0.4 is 0 Å². The largest absolute Gasteiger partial charge is 0.362 e. The fraction of sp³-hybridized carbons (Fsp3) is 0.375. The highest BCUT2D eigenvalue weighted by Crippen LogP contribution is 2.10. The topological polar surface area (TPSA) is 32.9 Å². The Morgan fingerprint density at radius 2 is 2.27 bits per heavy atom. The molecule has 0 unspecified atom stereocenters. The van der Waals surface area contributed by atoms with E-state index in [2.05, 4.69) is 4.98 Å². The highest BCUT2D eigenvalue weighted by molar-refractivity contribution is 6.63. The molecule has 0 saturated heterocycles. The van der Waals surface area contributed by atoms with Crippen molar-refractivity contribution in [1.29, 1.82) is 0 Å². The molecule has 0 amide bonds. The Morgan fingerprint density at radius 1 is 1.64 bits per heavy atom. The van der Waals surface area contributed by atoms with Gasteiger partial charge in [0, 0.05) is 11.4 Å². The number of aryl methyl sites for hydroxylation is 2. The molecule has 60 valence electrons. The summed E-state index contributed by atoms with van der Waals surface area (Å²) in [4.78, 5) is 13.6. The smallest absolute Gasteiger partial charge is 0.227 e. The predicted molar refractivity (Wildman–Crippen MR) is 44.8 cm³/mol. The zero-order valence-electron chi connectivity index (χ0n) is 6.57. The normalized spacial score (nSPS) is 10.1. The lowest BCUT2D eigenvalue weighted by Crippen LogP contribution is -1.95. The maximum atomic E-state index is 10.5. The van der Waals surface area contributed by atoms with Crippen LogP contribution in [0.15, 0.2) is 6.07 Å². The minimum atomic E-state index is -0.324. The molecule has 0 spiro atoms. The third-order valence-electron chi connectivity index (χ3n) is 1.57. The Labute approximate surface area is 70.6 Å². The molecule has 1 aromatic rings. The van der Waals surface area contributed by atoms with Crippen LogP contribution in [0.3, 0.4) is 0 Å². The van der Waals surface area contributed by atoms with Gasteiger partial charge in [-0.1, -0.05) is 0 Å². The van der Waals surface area contributed by atoms with E-state index in [9.17, 15) is 4.79 Å². The van der Waals surface area contributed by atoms with Gasteiger partial charge in [-0.15, -0.1) is 0 Å². The molecule has 0 fully saturated rings. The lowest BCUT2D eigenvalue weighted by molar-refractivity contribution is -0.111. The van der Waals surface area contributed by atoms with Gasteiger partial charge in [0.1, 0.15) is 0 Å². The van der Waals surface area contributed by atoms with Crippen molar-refractivity contribution in [2.24, 2.45) is 0 Å². The van der Waals surface area contributed by atoms with Crippen LogP contribution in [-0.2, 0) is 11.2 Å². The first kappa shape index (κ1) is 8.34. The third-order valence-corrected chi connectivity index (χ3v) is 1.71. The quantitative estimate of drug-likeness (QED) is 0.678. The molecule has 1 aromatic heterocycles. The molecule has 0 radical (unpaired) electrons. The van der Waals surface area contributed by atoms with E-state index in [0.717, 1.165) is 17.0 Å². The summed E-state index contributed by atoms with van der Waals surface area (Å²) in [6, 6.07) is 2.00. The first-order valence-corrected chi connectivity index (χ1v) is 3.81. The van der Waals surface area contributed by atoms with Gasteiger partial charge >= 0.3 is 0 Å². The minimum absolute atomic E-state index is 0.293. The zero-order valence-corrected chi connectivity index (χ0v) is 7.33. The molecule has 11 heavy (non-hydrogen) atoms. The summed E-state index contributed by atoms with van der Waals surface area (Å²) in [7, 11) is 0. The SMILES string of the molecule is Cc1cc(C)c(CC(=O)Cl)[nH]1. The Kier molecular flexibility index (Phi) is 2.35. The van der Waals surface area contributed by atoms with Crippen molar-refractivity contribution in [1.82, 2.24) is 4.98 Å². The second-order valence-corrected chi connectivity index (χ2v) is 3.07. The van der Waals surface area contributed by atoms with E-state index in [4.69, 9.17) is 11.6 Å². The van der Waals surface area contributed by atoms with Gasteiger partial charge in [0.2, 0.25) is 5.24 Å². The maximum absolute atomic E-state index is 10.5. The maximum Gasteiger partial charge on any atom is 0.227 e. The summed E-state index contributed by atoms with van der Waals surface area (Å²) in [5, 5.41) is -0.324. The Balaban J connectivity index is 2.85. The van der Waals surface area contributed by atoms with Crippen LogP contribution in [0.5, 0.6) is 0 Å². The molecular formula is C8H10ClNO. The Morgan fingerprint density at radius 3 is 2.64 bits per heavy atom. The average molecular weight is 172 g/mol. The number of nitrogens with one attached hydrogen (secondary N) is 1. The summed E-state index contributed by atoms with van der Waals surface area (Å²) in [5.41, 5.74) is 3.08. The number of rotatable bonds is 2. The fourth-order valence-corrected chi connectivity index (χ4v) is 1.24. The average Bonchev–Trinajstić information content (AvgIpc) is 2.09. The van der Waals surface area contributed by atoms with Crippen molar-refractivity contribution in [3.8, 4) is 0 Å². The van der Waals surface area contributed by atoms with E-state index in [1.165, 1.54) is 0 Å². The second kappa shape index (κ2) is 3.09. The standard InChI is InChI=1S/C8H10ClNO/c1-5-3-6(2)10-7(5)4-8(9)11/h3,10H,4H2,1-2H3. The molecule has 0 saturated carbocycles. The number of aromatic amines is 1. The molecule has 0 aliphatic heterocycles. The number of halogens is 1. The molecule has 0 bridgehead atoms. The first-order chi connectivity index (χ1) is 5.09. The van der Waals surface area contributed by atoms with Gasteiger partial charge in [0.15, 0.2) is 0 Å². The van der Waals surface area contributed by atoms with Crippen LogP contribution in [0.2, 0.25) is 0 Å². The van der Waals surface area contributed by atoms with Gasteiger partial charge in [-0.3, -0.25) is 4.79 Å². The van der Waals surface area contributed by atoms with E-state index < -0.39 is 0 Å². The Hall–Kier alpha value is -0.760. The van der Waals surface area contributed by atoms with E-state index >= 15 is 0 Å². The van der Waals surface area contributed by atoms with Crippen molar-refractivity contribution in [2.45, 2.75) is 20.3 Å². The van der Waals surface area contributed by atoms with Crippen molar-refractivity contribution in [3.05, 3.63) is 23.0 Å². The molecule has 0 aliphatic rings. The highest BCUT2D eigenvalue weighted by atomic mass is 35.5. The summed E-state index contributed by atoms with van der Waals surface area (Å²) in [6.07, 6.45) is 0.293. The molecule has 2 nitrogen and oxygen atoms in total. The summed E-state index contributed by atoms with van der Waals surface area (Å²) >= 11 is 5.23. The summed E-state index contributed by atoms with van der Waals surface area (Å²) in [5.74, 6) is 0. The van der Waals surface area contributed by atoms with Crippen LogP contribution in [0, 0.1) is 13.8 Å². The number of H-pyrrole nitrogens is 1. The van der Waals surface area contributed by atoms with Crippen molar-refractivity contribution >= 4 is 16.8 Å². The van der Waals surface area contributed by atoms with Crippen LogP contribution in [0.25, 0.3) is 0 Å². The number of hydrogen-bond acceptors (Lipinski definition) is 1. The fourth-order valence-electron chi connectivity index (χ4n) is 1.11. The molecule has 1 rings (SSSR count). The second-order valence-electron chi connectivity index (χ2n) is 2.65. The van der Waals surface area contributed by atoms with E-state index in [1.54, 1.807) is 0 Å². The summed E-state index contributed by atoms with van der Waals surface area (Å²) in [6.45, 7) is 3.91. The van der Waals surface area contributed by atoms with Crippen LogP contribution in [0.4, 0.5) is 0 Å². The molecule has 1 N–H and O–H groups in total. The lowest BCUT2D eigenvalue weighted by Gasteiger charge is -1.92. The molecule has 0 atom stereocenters. The van der Waals surface area contributed by atoms with Gasteiger partial charge in [0.25, 0.3) is 0 Å². The number of carbonyl (C=O) groups excluding carboxylic acids is 1. The van der Waals surface area contributed by atoms with Gasteiger partial charge in [-0.2, -0.15) is 0 Å². The van der Waals surface area contributed by atoms with Gasteiger partial charge < -0.3 is 4.98 Å². The monoisotopic (exact) mass is 171 g/mol. The lowest BCUT2D eigenvalue weighted by atomic mass is 10.2. The molecule has 0 aromatic carbocycles. The van der Waals surface area contributed by atoms with Crippen LogP contribution in [0.1, 0.15) is 17.0 Å². The van der Waals surface area contributed by atoms with E-state index in [1.807, 2.05) is 19.9 Å². The van der Waals surface area contributed by atoms with Crippen LogP contribution >= 0.6 is 11.6 Å². The Bertz CT molecular complexity index is 278. The molecule has 1 heterocycles. The van der Waals surface area contributed by atoms with Gasteiger partial charge in [-0.25, -0.2) is 0 Å². The minimum Gasteiger partial charge on any atom is -0.362 e.